The van der Waals surface area contributed by atoms with E-state index in [0.717, 1.165) is 39.4 Å². The third kappa shape index (κ3) is 2.14. The summed E-state index contributed by atoms with van der Waals surface area (Å²) in [5.41, 5.74) is 5.52. The minimum Gasteiger partial charge on any atom is -0.342 e. The first-order chi connectivity index (χ1) is 10.7. The Morgan fingerprint density at radius 2 is 1.91 bits per heavy atom. The summed E-state index contributed by atoms with van der Waals surface area (Å²) >= 11 is 0. The third-order valence-corrected chi connectivity index (χ3v) is 3.56. The van der Waals surface area contributed by atoms with Gasteiger partial charge in [-0.1, -0.05) is 6.07 Å². The van der Waals surface area contributed by atoms with Crippen LogP contribution in [0.5, 0.6) is 0 Å². The van der Waals surface area contributed by atoms with Crippen molar-refractivity contribution in [2.24, 2.45) is 7.05 Å². The van der Waals surface area contributed by atoms with E-state index in [2.05, 4.69) is 20.1 Å². The number of aryl methyl sites for hydroxylation is 2. The van der Waals surface area contributed by atoms with Crippen LogP contribution in [-0.2, 0) is 7.05 Å². The van der Waals surface area contributed by atoms with Gasteiger partial charge in [0.05, 0.1) is 41.0 Å². The first-order valence-electron chi connectivity index (χ1n) is 6.97. The van der Waals surface area contributed by atoms with E-state index in [1.807, 2.05) is 44.6 Å². The highest BCUT2D eigenvalue weighted by Crippen LogP contribution is 2.23. The van der Waals surface area contributed by atoms with Crippen molar-refractivity contribution in [1.82, 2.24) is 29.7 Å². The molecule has 0 spiro atoms. The van der Waals surface area contributed by atoms with Crippen molar-refractivity contribution in [2.75, 3.05) is 0 Å². The Morgan fingerprint density at radius 3 is 2.64 bits per heavy atom. The van der Waals surface area contributed by atoms with Crippen molar-refractivity contribution in [3.05, 3.63) is 48.8 Å². The van der Waals surface area contributed by atoms with Gasteiger partial charge in [-0.15, -0.1) is 0 Å². The molecule has 0 unspecified atom stereocenters. The van der Waals surface area contributed by atoms with Crippen LogP contribution in [-0.4, -0.2) is 29.7 Å². The fourth-order valence-corrected chi connectivity index (χ4v) is 2.44. The molecule has 0 saturated carbocycles. The van der Waals surface area contributed by atoms with Crippen molar-refractivity contribution in [3.63, 3.8) is 0 Å². The van der Waals surface area contributed by atoms with Crippen LogP contribution in [0.4, 0.5) is 0 Å². The molecule has 0 radical (unpaired) electrons. The van der Waals surface area contributed by atoms with E-state index >= 15 is 0 Å². The normalized spacial score (nSPS) is 11.2. The number of nitrogens with zero attached hydrogens (tertiary/aromatic N) is 5. The fraction of sp³-hybridized carbons (Fsp3) is 0.125. The average Bonchev–Trinajstić information content (AvgIpc) is 3.15. The average molecular weight is 290 g/mol. The monoisotopic (exact) mass is 290 g/mol. The molecule has 108 valence electrons. The van der Waals surface area contributed by atoms with Gasteiger partial charge in [0.25, 0.3) is 0 Å². The minimum atomic E-state index is 0.818. The summed E-state index contributed by atoms with van der Waals surface area (Å²) in [6.07, 6.45) is 7.32. The second kappa shape index (κ2) is 4.77. The molecule has 4 rings (SSSR count). The molecule has 6 nitrogen and oxygen atoms in total. The lowest BCUT2D eigenvalue weighted by molar-refractivity contribution is 0.768. The number of fused-ring (bicyclic) bond motifs is 1. The van der Waals surface area contributed by atoms with Gasteiger partial charge in [0.1, 0.15) is 5.82 Å². The molecular weight excluding hydrogens is 276 g/mol. The largest absolute Gasteiger partial charge is 0.342 e. The zero-order chi connectivity index (χ0) is 15.1. The van der Waals surface area contributed by atoms with Gasteiger partial charge in [0.15, 0.2) is 0 Å². The van der Waals surface area contributed by atoms with Crippen LogP contribution in [0.3, 0.4) is 0 Å². The van der Waals surface area contributed by atoms with Crippen molar-refractivity contribution in [2.45, 2.75) is 6.92 Å². The van der Waals surface area contributed by atoms with Crippen LogP contribution < -0.4 is 0 Å². The number of imidazole rings is 1. The van der Waals surface area contributed by atoms with Crippen LogP contribution in [0.15, 0.2) is 43.0 Å². The summed E-state index contributed by atoms with van der Waals surface area (Å²) in [5, 5.41) is 4.18. The molecule has 0 amide bonds. The molecule has 0 atom stereocenters. The molecule has 1 N–H and O–H groups in total. The second-order valence-corrected chi connectivity index (χ2v) is 5.24. The molecule has 0 aliphatic rings. The maximum atomic E-state index is 4.70. The predicted octanol–water partition coefficient (Wildman–Crippen LogP) is 2.73. The first kappa shape index (κ1) is 12.7. The quantitative estimate of drug-likeness (QED) is 0.616. The molecule has 0 aliphatic heterocycles. The van der Waals surface area contributed by atoms with Crippen LogP contribution in [0.2, 0.25) is 0 Å². The van der Waals surface area contributed by atoms with Crippen molar-refractivity contribution in [1.29, 1.82) is 0 Å². The summed E-state index contributed by atoms with van der Waals surface area (Å²) in [6, 6.07) is 6.02. The van der Waals surface area contributed by atoms with E-state index in [4.69, 9.17) is 4.98 Å². The van der Waals surface area contributed by atoms with Gasteiger partial charge in [-0.2, -0.15) is 5.10 Å². The van der Waals surface area contributed by atoms with Crippen molar-refractivity contribution in [3.8, 4) is 22.5 Å². The number of hydrogen-bond donors (Lipinski definition) is 1. The molecule has 0 saturated heterocycles. The van der Waals surface area contributed by atoms with Gasteiger partial charge in [-0.05, 0) is 19.1 Å². The van der Waals surface area contributed by atoms with Crippen molar-refractivity contribution >= 4 is 11.0 Å². The van der Waals surface area contributed by atoms with E-state index in [1.54, 1.807) is 17.1 Å². The van der Waals surface area contributed by atoms with E-state index in [9.17, 15) is 0 Å². The molecular formula is C16H14N6. The lowest BCUT2D eigenvalue weighted by Gasteiger charge is -2.03. The molecule has 6 heteroatoms. The lowest BCUT2D eigenvalue weighted by atomic mass is 10.1. The smallest absolute Gasteiger partial charge is 0.103 e. The van der Waals surface area contributed by atoms with Crippen LogP contribution in [0.1, 0.15) is 5.82 Å². The van der Waals surface area contributed by atoms with Crippen LogP contribution >= 0.6 is 0 Å². The van der Waals surface area contributed by atoms with Crippen LogP contribution in [0.25, 0.3) is 33.5 Å². The minimum absolute atomic E-state index is 0.818. The Balaban J connectivity index is 1.84. The Hall–Kier alpha value is -3.02. The van der Waals surface area contributed by atoms with E-state index in [1.165, 1.54) is 0 Å². The number of hydrogen-bond acceptors (Lipinski definition) is 4. The molecule has 0 aliphatic carbocycles. The Morgan fingerprint density at radius 1 is 1.00 bits per heavy atom. The number of aromatic nitrogens is 6. The predicted molar refractivity (Wildman–Crippen MR) is 84.1 cm³/mol. The maximum absolute atomic E-state index is 4.70. The summed E-state index contributed by atoms with van der Waals surface area (Å²) in [7, 11) is 1.89. The highest BCUT2D eigenvalue weighted by molar-refractivity contribution is 5.82. The van der Waals surface area contributed by atoms with E-state index in [0.29, 0.717) is 0 Å². The maximum Gasteiger partial charge on any atom is 0.103 e. The molecule has 3 heterocycles. The number of nitrogens with one attached hydrogen (secondary N) is 1. The summed E-state index contributed by atoms with van der Waals surface area (Å²) in [6.45, 7) is 1.94. The molecule has 3 aromatic heterocycles. The summed E-state index contributed by atoms with van der Waals surface area (Å²) in [5.74, 6) is 0.894. The van der Waals surface area contributed by atoms with Crippen molar-refractivity contribution < 1.29 is 0 Å². The zero-order valence-corrected chi connectivity index (χ0v) is 12.3. The summed E-state index contributed by atoms with van der Waals surface area (Å²) in [4.78, 5) is 16.7. The number of H-pyrrole nitrogens is 1. The second-order valence-electron chi connectivity index (χ2n) is 5.24. The first-order valence-corrected chi connectivity index (χ1v) is 6.97. The SMILES string of the molecule is Cc1ncc(-c2ccc3ncc(-c4cnn(C)c4)nc3c2)[nH]1. The standard InChI is InChI=1S/C16H14N6/c1-10-17-7-15(20-10)11-3-4-13-14(5-11)21-16(8-18-13)12-6-19-22(2)9-12/h3-9H,1-2H3,(H,17,20). The number of aromatic amines is 1. The van der Waals surface area contributed by atoms with Gasteiger partial charge >= 0.3 is 0 Å². The molecule has 22 heavy (non-hydrogen) atoms. The third-order valence-electron chi connectivity index (χ3n) is 3.56. The van der Waals surface area contributed by atoms with Gasteiger partial charge < -0.3 is 4.98 Å². The fourth-order valence-electron chi connectivity index (χ4n) is 2.44. The van der Waals surface area contributed by atoms with Gasteiger partial charge in [0.2, 0.25) is 0 Å². The van der Waals surface area contributed by atoms with Crippen LogP contribution in [0, 0.1) is 6.92 Å². The summed E-state index contributed by atoms with van der Waals surface area (Å²) < 4.78 is 1.75. The van der Waals surface area contributed by atoms with E-state index < -0.39 is 0 Å². The number of benzene rings is 1. The topological polar surface area (TPSA) is 72.3 Å². The van der Waals surface area contributed by atoms with E-state index in [-0.39, 0.29) is 0 Å². The number of rotatable bonds is 2. The molecule has 0 fully saturated rings. The Bertz CT molecular complexity index is 891. The highest BCUT2D eigenvalue weighted by atomic mass is 15.2. The van der Waals surface area contributed by atoms with Gasteiger partial charge in [0, 0.05) is 24.4 Å². The van der Waals surface area contributed by atoms with Gasteiger partial charge in [-0.3, -0.25) is 9.67 Å². The zero-order valence-electron chi connectivity index (χ0n) is 12.3. The molecule has 1 aromatic carbocycles. The van der Waals surface area contributed by atoms with Gasteiger partial charge in [-0.25, -0.2) is 9.97 Å². The highest BCUT2D eigenvalue weighted by Gasteiger charge is 2.07. The Labute approximate surface area is 126 Å². The lowest BCUT2D eigenvalue weighted by Crippen LogP contribution is -1.89. The molecule has 4 aromatic rings. The molecule has 0 bridgehead atoms. The Kier molecular flexibility index (Phi) is 2.75.